The Morgan fingerprint density at radius 2 is 2.24 bits per heavy atom. The predicted molar refractivity (Wildman–Crippen MR) is 79.5 cm³/mol. The van der Waals surface area contributed by atoms with Crippen molar-refractivity contribution in [1.29, 1.82) is 0 Å². The number of amides is 2. The normalized spacial score (nSPS) is 17.7. The van der Waals surface area contributed by atoms with Gasteiger partial charge in [-0.1, -0.05) is 18.7 Å². The summed E-state index contributed by atoms with van der Waals surface area (Å²) in [5, 5.41) is 0. The summed E-state index contributed by atoms with van der Waals surface area (Å²) in [6.07, 6.45) is 0.151. The van der Waals surface area contributed by atoms with Gasteiger partial charge in [0.2, 0.25) is 11.8 Å². The molecule has 0 aromatic heterocycles. The van der Waals surface area contributed by atoms with Crippen molar-refractivity contribution in [2.45, 2.75) is 13.3 Å². The first-order chi connectivity index (χ1) is 10.0. The molecule has 2 rings (SSSR count). The molecular formula is C15H19N3O3. The molecule has 1 aromatic rings. The number of carbonyl (C=O) groups is 2. The number of para-hydroxylation sites is 2. The molecule has 0 aliphatic carbocycles. The summed E-state index contributed by atoms with van der Waals surface area (Å²) in [5.74, 6) is 4.85. The molecule has 2 amide bonds. The Labute approximate surface area is 123 Å². The van der Waals surface area contributed by atoms with Crippen molar-refractivity contribution in [3.05, 3.63) is 36.4 Å². The molecule has 0 spiro atoms. The van der Waals surface area contributed by atoms with Crippen LogP contribution >= 0.6 is 0 Å². The van der Waals surface area contributed by atoms with E-state index in [0.29, 0.717) is 24.6 Å². The third kappa shape index (κ3) is 3.41. The molecule has 1 aliphatic rings. The van der Waals surface area contributed by atoms with Crippen molar-refractivity contribution in [3.63, 3.8) is 0 Å². The van der Waals surface area contributed by atoms with E-state index in [1.54, 1.807) is 17.0 Å². The van der Waals surface area contributed by atoms with Crippen LogP contribution in [0.4, 0.5) is 5.69 Å². The highest BCUT2D eigenvalue weighted by molar-refractivity contribution is 6.01. The van der Waals surface area contributed by atoms with E-state index in [-0.39, 0.29) is 18.2 Å². The van der Waals surface area contributed by atoms with Crippen LogP contribution in [0.5, 0.6) is 5.75 Å². The molecule has 3 N–H and O–H groups in total. The maximum Gasteiger partial charge on any atom is 0.239 e. The molecule has 112 valence electrons. The minimum Gasteiger partial charge on any atom is -0.487 e. The number of anilines is 1. The second-order valence-corrected chi connectivity index (χ2v) is 5.13. The van der Waals surface area contributed by atoms with Crippen LogP contribution < -0.4 is 20.9 Å². The maximum absolute atomic E-state index is 12.1. The average Bonchev–Trinajstić information content (AvgIpc) is 2.86. The first-order valence-electron chi connectivity index (χ1n) is 6.70. The van der Waals surface area contributed by atoms with Crippen molar-refractivity contribution in [2.75, 3.05) is 18.1 Å². The van der Waals surface area contributed by atoms with Crippen molar-refractivity contribution in [1.82, 2.24) is 5.43 Å². The van der Waals surface area contributed by atoms with Gasteiger partial charge in [-0.05, 0) is 24.6 Å². The van der Waals surface area contributed by atoms with Gasteiger partial charge in [-0.25, -0.2) is 5.84 Å². The molecule has 0 saturated carbocycles. The summed E-state index contributed by atoms with van der Waals surface area (Å²) < 4.78 is 5.66. The topological polar surface area (TPSA) is 84.7 Å². The zero-order valence-electron chi connectivity index (χ0n) is 12.0. The number of hydrogen-bond donors (Lipinski definition) is 2. The minimum atomic E-state index is -0.434. The van der Waals surface area contributed by atoms with Gasteiger partial charge in [-0.15, -0.1) is 0 Å². The number of nitrogens with one attached hydrogen (secondary N) is 1. The number of rotatable bonds is 5. The van der Waals surface area contributed by atoms with Crippen LogP contribution in [0.3, 0.4) is 0 Å². The average molecular weight is 289 g/mol. The predicted octanol–water partition coefficient (Wildman–Crippen LogP) is 0.984. The maximum atomic E-state index is 12.1. The van der Waals surface area contributed by atoms with Crippen molar-refractivity contribution < 1.29 is 14.3 Å². The number of ether oxygens (including phenoxy) is 1. The van der Waals surface area contributed by atoms with Gasteiger partial charge in [0.25, 0.3) is 0 Å². The quantitative estimate of drug-likeness (QED) is 0.366. The van der Waals surface area contributed by atoms with Crippen molar-refractivity contribution >= 4 is 17.5 Å². The SMILES string of the molecule is C=C(C)COc1ccccc1N1CC(C(=O)NN)CC1=O. The number of hydrazine groups is 1. The molecule has 1 fully saturated rings. The third-order valence-corrected chi connectivity index (χ3v) is 3.27. The summed E-state index contributed by atoms with van der Waals surface area (Å²) >= 11 is 0. The molecule has 0 radical (unpaired) electrons. The summed E-state index contributed by atoms with van der Waals surface area (Å²) in [6.45, 7) is 6.33. The number of carbonyl (C=O) groups excluding carboxylic acids is 2. The van der Waals surface area contributed by atoms with Crippen LogP contribution in [0.2, 0.25) is 0 Å². The van der Waals surface area contributed by atoms with E-state index in [9.17, 15) is 9.59 Å². The Kier molecular flexibility index (Phi) is 4.59. The fraction of sp³-hybridized carbons (Fsp3) is 0.333. The molecule has 6 heteroatoms. The van der Waals surface area contributed by atoms with Crippen LogP contribution in [0.15, 0.2) is 36.4 Å². The lowest BCUT2D eigenvalue weighted by Gasteiger charge is -2.20. The summed E-state index contributed by atoms with van der Waals surface area (Å²) in [7, 11) is 0. The lowest BCUT2D eigenvalue weighted by Crippen LogP contribution is -2.37. The number of nitrogens with zero attached hydrogens (tertiary/aromatic N) is 1. The number of nitrogens with two attached hydrogens (primary N) is 1. The molecule has 0 bridgehead atoms. The monoisotopic (exact) mass is 289 g/mol. The second kappa shape index (κ2) is 6.41. The molecule has 1 aromatic carbocycles. The highest BCUT2D eigenvalue weighted by Gasteiger charge is 2.35. The zero-order valence-corrected chi connectivity index (χ0v) is 12.0. The molecule has 1 aliphatic heterocycles. The van der Waals surface area contributed by atoms with Crippen LogP contribution in [0.25, 0.3) is 0 Å². The third-order valence-electron chi connectivity index (χ3n) is 3.27. The second-order valence-electron chi connectivity index (χ2n) is 5.13. The first kappa shape index (κ1) is 15.1. The van der Waals surface area contributed by atoms with E-state index >= 15 is 0 Å². The van der Waals surface area contributed by atoms with Crippen LogP contribution in [-0.4, -0.2) is 25.0 Å². The van der Waals surface area contributed by atoms with Gasteiger partial charge in [0.05, 0.1) is 11.6 Å². The van der Waals surface area contributed by atoms with Crippen molar-refractivity contribution in [2.24, 2.45) is 11.8 Å². The molecule has 1 unspecified atom stereocenters. The first-order valence-corrected chi connectivity index (χ1v) is 6.70. The molecule has 1 saturated heterocycles. The zero-order chi connectivity index (χ0) is 15.4. The van der Waals surface area contributed by atoms with Gasteiger partial charge in [-0.3, -0.25) is 15.0 Å². The van der Waals surface area contributed by atoms with Crippen LogP contribution in [0, 0.1) is 5.92 Å². The lowest BCUT2D eigenvalue weighted by atomic mass is 10.1. The van der Waals surface area contributed by atoms with Crippen molar-refractivity contribution in [3.8, 4) is 5.75 Å². The van der Waals surface area contributed by atoms with Gasteiger partial charge in [0.15, 0.2) is 0 Å². The van der Waals surface area contributed by atoms with E-state index in [0.717, 1.165) is 5.57 Å². The molecular weight excluding hydrogens is 270 g/mol. The largest absolute Gasteiger partial charge is 0.487 e. The summed E-state index contributed by atoms with van der Waals surface area (Å²) in [4.78, 5) is 25.3. The number of hydrogen-bond acceptors (Lipinski definition) is 4. The molecule has 21 heavy (non-hydrogen) atoms. The summed E-state index contributed by atoms with van der Waals surface area (Å²) in [6, 6.07) is 7.25. The Hall–Kier alpha value is -2.34. The highest BCUT2D eigenvalue weighted by atomic mass is 16.5. The van der Waals surface area contributed by atoms with Gasteiger partial charge < -0.3 is 9.64 Å². The molecule has 1 heterocycles. The van der Waals surface area contributed by atoms with Crippen LogP contribution in [0.1, 0.15) is 13.3 Å². The van der Waals surface area contributed by atoms with E-state index in [1.165, 1.54) is 0 Å². The Morgan fingerprint density at radius 1 is 1.52 bits per heavy atom. The van der Waals surface area contributed by atoms with Gasteiger partial charge in [0, 0.05) is 13.0 Å². The highest BCUT2D eigenvalue weighted by Crippen LogP contribution is 2.33. The molecule has 1 atom stereocenters. The Balaban J connectivity index is 2.20. The Morgan fingerprint density at radius 3 is 2.90 bits per heavy atom. The van der Waals surface area contributed by atoms with E-state index in [2.05, 4.69) is 12.0 Å². The summed E-state index contributed by atoms with van der Waals surface area (Å²) in [5.41, 5.74) is 3.64. The van der Waals surface area contributed by atoms with Gasteiger partial charge >= 0.3 is 0 Å². The molecule has 6 nitrogen and oxygen atoms in total. The fourth-order valence-electron chi connectivity index (χ4n) is 2.24. The fourth-order valence-corrected chi connectivity index (χ4v) is 2.24. The lowest BCUT2D eigenvalue weighted by molar-refractivity contribution is -0.126. The van der Waals surface area contributed by atoms with Gasteiger partial charge in [-0.2, -0.15) is 0 Å². The standard InChI is InChI=1S/C15H19N3O3/c1-10(2)9-21-13-6-4-3-5-12(13)18-8-11(7-14(18)19)15(20)17-16/h3-6,11H,1,7-9,16H2,2H3,(H,17,20). The van der Waals surface area contributed by atoms with E-state index in [4.69, 9.17) is 10.6 Å². The smallest absolute Gasteiger partial charge is 0.239 e. The van der Waals surface area contributed by atoms with E-state index < -0.39 is 5.92 Å². The minimum absolute atomic E-state index is 0.116. The van der Waals surface area contributed by atoms with E-state index in [1.807, 2.05) is 19.1 Å². The number of benzene rings is 1. The Bertz CT molecular complexity index is 571. The van der Waals surface area contributed by atoms with Gasteiger partial charge in [0.1, 0.15) is 12.4 Å². The van der Waals surface area contributed by atoms with Crippen LogP contribution in [-0.2, 0) is 9.59 Å².